The maximum absolute atomic E-state index is 12.2. The zero-order valence-corrected chi connectivity index (χ0v) is 11.3. The molecule has 1 rings (SSSR count). The summed E-state index contributed by atoms with van der Waals surface area (Å²) in [5.41, 5.74) is 0. The van der Waals surface area contributed by atoms with Gasteiger partial charge >= 0.3 is 0 Å². The van der Waals surface area contributed by atoms with Crippen LogP contribution in [0.4, 0.5) is 0 Å². The summed E-state index contributed by atoms with van der Waals surface area (Å²) in [5.74, 6) is 0.773. The molecule has 0 aromatic carbocycles. The second kappa shape index (κ2) is 10.1. The van der Waals surface area contributed by atoms with Gasteiger partial charge in [-0.05, 0) is 25.7 Å². The Kier molecular flexibility index (Phi) is 9.52. The van der Waals surface area contributed by atoms with E-state index in [1.54, 1.807) is 0 Å². The quantitative estimate of drug-likeness (QED) is 0.737. The molecule has 0 aliphatic heterocycles. The van der Waals surface area contributed by atoms with Crippen molar-refractivity contribution in [3.05, 3.63) is 0 Å². The van der Waals surface area contributed by atoms with Crippen LogP contribution in [0.25, 0.3) is 0 Å². The lowest BCUT2D eigenvalue weighted by Crippen LogP contribution is -2.38. The predicted octanol–water partition coefficient (Wildman–Crippen LogP) is 3.36. The molecule has 17 heavy (non-hydrogen) atoms. The van der Waals surface area contributed by atoms with E-state index in [0.717, 1.165) is 38.8 Å². The highest BCUT2D eigenvalue weighted by atomic mass is 16.2. The highest BCUT2D eigenvalue weighted by Crippen LogP contribution is 2.25. The van der Waals surface area contributed by atoms with E-state index in [-0.39, 0.29) is 0 Å². The van der Waals surface area contributed by atoms with Crippen molar-refractivity contribution < 1.29 is 4.79 Å². The van der Waals surface area contributed by atoms with Gasteiger partial charge in [-0.25, -0.2) is 5.26 Å². The highest BCUT2D eigenvalue weighted by molar-refractivity contribution is 5.78. The Morgan fingerprint density at radius 2 is 1.59 bits per heavy atom. The minimum atomic E-state index is 0.344. The van der Waals surface area contributed by atoms with Crippen molar-refractivity contribution in [3.8, 4) is 6.57 Å². The van der Waals surface area contributed by atoms with Gasteiger partial charge in [0.25, 0.3) is 0 Å². The largest absolute Gasteiger partial charge is 0.342 e. The van der Waals surface area contributed by atoms with Gasteiger partial charge < -0.3 is 4.90 Å². The summed E-state index contributed by atoms with van der Waals surface area (Å²) in [7, 11) is 0. The second-order valence-electron chi connectivity index (χ2n) is 4.66. The van der Waals surface area contributed by atoms with Gasteiger partial charge in [0.1, 0.15) is 0 Å². The molecule has 98 valence electrons. The molecule has 0 heterocycles. The van der Waals surface area contributed by atoms with E-state index >= 15 is 0 Å². The summed E-state index contributed by atoms with van der Waals surface area (Å²) in [6.45, 7) is 9.69. The van der Waals surface area contributed by atoms with Gasteiger partial charge in [-0.2, -0.15) is 0 Å². The molecule has 0 unspecified atom stereocenters. The van der Waals surface area contributed by atoms with Gasteiger partial charge in [-0.15, -0.1) is 0 Å². The summed E-state index contributed by atoms with van der Waals surface area (Å²) in [6.07, 6.45) is 8.25. The van der Waals surface area contributed by atoms with Crippen molar-refractivity contribution in [2.24, 2.45) is 5.92 Å². The Bertz CT molecular complexity index is 214. The fourth-order valence-electron chi connectivity index (χ4n) is 2.48. The van der Waals surface area contributed by atoms with Crippen LogP contribution >= 0.6 is 0 Å². The van der Waals surface area contributed by atoms with Crippen LogP contribution in [0.3, 0.4) is 0 Å². The summed E-state index contributed by atoms with van der Waals surface area (Å²) in [6, 6.07) is 0. The Labute approximate surface area is 106 Å². The molecule has 1 saturated carbocycles. The summed E-state index contributed by atoms with van der Waals surface area (Å²) in [4.78, 5) is 14.3. The number of hydrogen-bond acceptors (Lipinski definition) is 2. The third-order valence-electron chi connectivity index (χ3n) is 3.25. The molecule has 0 atom stereocenters. The van der Waals surface area contributed by atoms with Gasteiger partial charge in [0.15, 0.2) is 0 Å². The zero-order valence-electron chi connectivity index (χ0n) is 11.3. The standard InChI is InChI=1S/C13H25NO.CHN/c1-3-10-14(11-4-2)13(15)12-8-6-5-7-9-12;1-2/h12H,3-11H2,1-2H3;1H. The first-order valence-electron chi connectivity index (χ1n) is 6.84. The number of hydrogen-bond donors (Lipinski definition) is 0. The molecule has 3 nitrogen and oxygen atoms in total. The molecule has 0 bridgehead atoms. The van der Waals surface area contributed by atoms with Crippen LogP contribution in [0.2, 0.25) is 0 Å². The fourth-order valence-corrected chi connectivity index (χ4v) is 2.48. The summed E-state index contributed by atoms with van der Waals surface area (Å²) >= 11 is 0. The van der Waals surface area contributed by atoms with Gasteiger partial charge in [0.2, 0.25) is 5.91 Å². The van der Waals surface area contributed by atoms with Crippen LogP contribution in [-0.2, 0) is 4.79 Å². The highest BCUT2D eigenvalue weighted by Gasteiger charge is 2.24. The van der Waals surface area contributed by atoms with E-state index in [1.807, 2.05) is 0 Å². The van der Waals surface area contributed by atoms with E-state index < -0.39 is 0 Å². The van der Waals surface area contributed by atoms with Crippen LogP contribution in [0.1, 0.15) is 58.8 Å². The van der Waals surface area contributed by atoms with Crippen LogP contribution < -0.4 is 0 Å². The number of carbonyl (C=O) groups excluding carboxylic acids is 1. The van der Waals surface area contributed by atoms with Crippen molar-refractivity contribution in [1.82, 2.24) is 4.90 Å². The smallest absolute Gasteiger partial charge is 0.225 e. The summed E-state index contributed by atoms with van der Waals surface area (Å²) < 4.78 is 0. The Morgan fingerprint density at radius 1 is 1.12 bits per heavy atom. The first-order chi connectivity index (χ1) is 8.29. The van der Waals surface area contributed by atoms with Crippen LogP contribution in [0.15, 0.2) is 0 Å². The molecule has 1 aliphatic carbocycles. The molecule has 0 aromatic rings. The first kappa shape index (κ1) is 16.0. The van der Waals surface area contributed by atoms with Crippen LogP contribution in [-0.4, -0.2) is 23.9 Å². The van der Waals surface area contributed by atoms with Gasteiger partial charge in [0, 0.05) is 25.6 Å². The van der Waals surface area contributed by atoms with E-state index in [2.05, 4.69) is 25.3 Å². The third kappa shape index (κ3) is 5.72. The Morgan fingerprint density at radius 3 is 2.00 bits per heavy atom. The zero-order chi connectivity index (χ0) is 13.1. The molecule has 0 spiro atoms. The van der Waals surface area contributed by atoms with Crippen molar-refractivity contribution in [3.63, 3.8) is 0 Å². The lowest BCUT2D eigenvalue weighted by molar-refractivity contribution is -0.136. The first-order valence-corrected chi connectivity index (χ1v) is 6.84. The molecular formula is C14H26N2O. The van der Waals surface area contributed by atoms with E-state index in [4.69, 9.17) is 5.26 Å². The van der Waals surface area contributed by atoms with E-state index in [9.17, 15) is 4.79 Å². The number of carbonyl (C=O) groups is 1. The molecule has 1 aliphatic rings. The molecule has 1 amide bonds. The van der Waals surface area contributed by atoms with E-state index in [1.165, 1.54) is 19.3 Å². The number of nitrogens with zero attached hydrogens (tertiary/aromatic N) is 2. The molecule has 0 aromatic heterocycles. The Hall–Kier alpha value is -1.04. The lowest BCUT2D eigenvalue weighted by atomic mass is 9.88. The minimum absolute atomic E-state index is 0.344. The van der Waals surface area contributed by atoms with Crippen LogP contribution in [0, 0.1) is 17.8 Å². The topological polar surface area (TPSA) is 44.1 Å². The van der Waals surface area contributed by atoms with E-state index in [0.29, 0.717) is 11.8 Å². The maximum atomic E-state index is 12.2. The lowest BCUT2D eigenvalue weighted by Gasteiger charge is -2.28. The molecule has 0 radical (unpaired) electrons. The maximum Gasteiger partial charge on any atom is 0.225 e. The normalized spacial score (nSPS) is 15.8. The predicted molar refractivity (Wildman–Crippen MR) is 70.4 cm³/mol. The van der Waals surface area contributed by atoms with Crippen LogP contribution in [0.5, 0.6) is 0 Å². The fraction of sp³-hybridized carbons (Fsp3) is 0.857. The van der Waals surface area contributed by atoms with Gasteiger partial charge in [0.05, 0.1) is 0 Å². The average molecular weight is 238 g/mol. The van der Waals surface area contributed by atoms with Crippen molar-refractivity contribution >= 4 is 5.91 Å². The average Bonchev–Trinajstić information content (AvgIpc) is 2.41. The molecule has 0 saturated heterocycles. The third-order valence-corrected chi connectivity index (χ3v) is 3.25. The Balaban J connectivity index is 0.00000121. The second-order valence-corrected chi connectivity index (χ2v) is 4.66. The monoisotopic (exact) mass is 238 g/mol. The van der Waals surface area contributed by atoms with Crippen molar-refractivity contribution in [1.29, 1.82) is 5.26 Å². The van der Waals surface area contributed by atoms with Gasteiger partial charge in [-0.3, -0.25) is 4.79 Å². The van der Waals surface area contributed by atoms with Crippen molar-refractivity contribution in [2.45, 2.75) is 58.8 Å². The van der Waals surface area contributed by atoms with Gasteiger partial charge in [-0.1, -0.05) is 33.1 Å². The number of nitriles is 1. The molecular weight excluding hydrogens is 212 g/mol. The molecule has 0 N–H and O–H groups in total. The summed E-state index contributed by atoms with van der Waals surface area (Å²) in [5, 5.41) is 6.50. The molecule has 1 fully saturated rings. The van der Waals surface area contributed by atoms with Crippen molar-refractivity contribution in [2.75, 3.05) is 13.1 Å². The number of amides is 1. The minimum Gasteiger partial charge on any atom is -0.342 e. The molecule has 3 heteroatoms. The number of rotatable bonds is 5. The SMILES string of the molecule is C#N.CCCN(CCC)C(=O)C1CCCCC1.